The molecule has 0 unspecified atom stereocenters. The van der Waals surface area contributed by atoms with Crippen LogP contribution in [0.1, 0.15) is 37.1 Å². The van der Waals surface area contributed by atoms with E-state index in [1.807, 2.05) is 31.2 Å². The molecule has 1 fully saturated rings. The highest BCUT2D eigenvalue weighted by Gasteiger charge is 2.16. The molecule has 2 aromatic heterocycles. The van der Waals surface area contributed by atoms with Crippen LogP contribution >= 0.6 is 11.3 Å². The molecule has 1 saturated carbocycles. The summed E-state index contributed by atoms with van der Waals surface area (Å²) in [5, 5.41) is 8.12. The molecule has 2 N–H and O–H groups in total. The van der Waals surface area contributed by atoms with Gasteiger partial charge in [0.05, 0.1) is 20.9 Å². The number of aromatic nitrogens is 3. The highest BCUT2D eigenvalue weighted by molar-refractivity contribution is 7.18. The van der Waals surface area contributed by atoms with Gasteiger partial charge < -0.3 is 10.6 Å². The van der Waals surface area contributed by atoms with Gasteiger partial charge in [-0.2, -0.15) is 4.98 Å². The van der Waals surface area contributed by atoms with Crippen LogP contribution in [0.2, 0.25) is 0 Å². The Morgan fingerprint density at radius 3 is 2.57 bits per heavy atom. The van der Waals surface area contributed by atoms with Gasteiger partial charge in [0.25, 0.3) is 0 Å². The van der Waals surface area contributed by atoms with Crippen molar-refractivity contribution in [2.45, 2.75) is 45.1 Å². The monoisotopic (exact) mass is 415 g/mol. The summed E-state index contributed by atoms with van der Waals surface area (Å²) in [6.45, 7) is 2.04. The summed E-state index contributed by atoms with van der Waals surface area (Å²) in [6, 6.07) is 19.0. The Balaban J connectivity index is 1.47. The van der Waals surface area contributed by atoms with E-state index in [1.54, 1.807) is 11.3 Å². The van der Waals surface area contributed by atoms with Crippen LogP contribution < -0.4 is 10.6 Å². The number of anilines is 3. The van der Waals surface area contributed by atoms with Crippen molar-refractivity contribution in [1.29, 1.82) is 0 Å². The molecule has 0 saturated heterocycles. The van der Waals surface area contributed by atoms with Crippen molar-refractivity contribution >= 4 is 39.0 Å². The summed E-state index contributed by atoms with van der Waals surface area (Å²) in [6.07, 6.45) is 6.24. The average Bonchev–Trinajstić information content (AvgIpc) is 3.14. The number of hydrogen-bond acceptors (Lipinski definition) is 6. The number of thiazole rings is 1. The second-order valence-corrected chi connectivity index (χ2v) is 9.08. The van der Waals surface area contributed by atoms with Crippen molar-refractivity contribution < 1.29 is 0 Å². The Morgan fingerprint density at radius 1 is 0.900 bits per heavy atom. The zero-order chi connectivity index (χ0) is 20.3. The third-order valence-electron chi connectivity index (χ3n) is 5.50. The molecule has 0 atom stereocenters. The zero-order valence-corrected chi connectivity index (χ0v) is 17.9. The lowest BCUT2D eigenvalue weighted by molar-refractivity contribution is 0.461. The topological polar surface area (TPSA) is 62.7 Å². The number of rotatable bonds is 5. The third kappa shape index (κ3) is 4.28. The fourth-order valence-corrected chi connectivity index (χ4v) is 4.84. The first-order valence-corrected chi connectivity index (χ1v) is 11.4. The van der Waals surface area contributed by atoms with Gasteiger partial charge in [-0.15, -0.1) is 11.3 Å². The van der Waals surface area contributed by atoms with Gasteiger partial charge in [0.15, 0.2) is 0 Å². The fourth-order valence-electron chi connectivity index (χ4n) is 4.03. The van der Waals surface area contributed by atoms with Crippen LogP contribution in [0.25, 0.3) is 21.5 Å². The molecule has 1 aliphatic carbocycles. The minimum absolute atomic E-state index is 0.451. The maximum atomic E-state index is 4.82. The Bertz CT molecular complexity index is 1150. The molecule has 0 radical (unpaired) electrons. The molecular formula is C24H25N5S. The molecule has 1 aliphatic rings. The predicted molar refractivity (Wildman–Crippen MR) is 126 cm³/mol. The SMILES string of the molecule is Cc1nc2cc(Nc3cc(-c4ccccc4)nc(NC4CCCCC4)n3)ccc2s1. The minimum atomic E-state index is 0.451. The highest BCUT2D eigenvalue weighted by Crippen LogP contribution is 2.28. The van der Waals surface area contributed by atoms with Crippen molar-refractivity contribution in [2.24, 2.45) is 0 Å². The van der Waals surface area contributed by atoms with E-state index in [9.17, 15) is 0 Å². The largest absolute Gasteiger partial charge is 0.351 e. The van der Waals surface area contributed by atoms with Crippen molar-refractivity contribution in [3.05, 3.63) is 59.6 Å². The van der Waals surface area contributed by atoms with E-state index in [0.29, 0.717) is 12.0 Å². The van der Waals surface area contributed by atoms with Gasteiger partial charge in [0.2, 0.25) is 5.95 Å². The molecule has 2 aromatic carbocycles. The van der Waals surface area contributed by atoms with Crippen molar-refractivity contribution in [3.63, 3.8) is 0 Å². The van der Waals surface area contributed by atoms with Gasteiger partial charge in [0, 0.05) is 23.4 Å². The molecule has 30 heavy (non-hydrogen) atoms. The third-order valence-corrected chi connectivity index (χ3v) is 6.45. The molecule has 4 aromatic rings. The van der Waals surface area contributed by atoms with Gasteiger partial charge in [0.1, 0.15) is 5.82 Å². The second kappa shape index (κ2) is 8.40. The van der Waals surface area contributed by atoms with Crippen LogP contribution in [-0.4, -0.2) is 21.0 Å². The Kier molecular flexibility index (Phi) is 5.32. The maximum absolute atomic E-state index is 4.82. The average molecular weight is 416 g/mol. The minimum Gasteiger partial charge on any atom is -0.351 e. The smallest absolute Gasteiger partial charge is 0.225 e. The lowest BCUT2D eigenvalue weighted by Crippen LogP contribution is -2.23. The van der Waals surface area contributed by atoms with Gasteiger partial charge in [-0.05, 0) is 38.0 Å². The van der Waals surface area contributed by atoms with E-state index in [1.165, 1.54) is 36.8 Å². The first-order valence-electron chi connectivity index (χ1n) is 10.6. The molecule has 152 valence electrons. The van der Waals surface area contributed by atoms with Crippen LogP contribution in [0.3, 0.4) is 0 Å². The van der Waals surface area contributed by atoms with Crippen molar-refractivity contribution in [2.75, 3.05) is 10.6 Å². The quantitative estimate of drug-likeness (QED) is 0.387. The highest BCUT2D eigenvalue weighted by atomic mass is 32.1. The standard InChI is InChI=1S/C24H25N5S/c1-16-25-21-14-19(12-13-22(21)30-16)26-23-15-20(17-8-4-2-5-9-17)28-24(29-23)27-18-10-6-3-7-11-18/h2,4-5,8-9,12-15,18H,3,6-7,10-11H2,1H3,(H2,26,27,28,29). The number of nitrogens with zero attached hydrogens (tertiary/aromatic N) is 3. The first-order chi connectivity index (χ1) is 14.7. The predicted octanol–water partition coefficient (Wildman–Crippen LogP) is 6.55. The van der Waals surface area contributed by atoms with E-state index in [4.69, 9.17) is 9.97 Å². The molecule has 0 amide bonds. The van der Waals surface area contributed by atoms with Gasteiger partial charge in [-0.3, -0.25) is 0 Å². The van der Waals surface area contributed by atoms with Crippen LogP contribution in [0.15, 0.2) is 54.6 Å². The van der Waals surface area contributed by atoms with E-state index < -0.39 is 0 Å². The second-order valence-electron chi connectivity index (χ2n) is 7.85. The maximum Gasteiger partial charge on any atom is 0.225 e. The zero-order valence-electron chi connectivity index (χ0n) is 17.1. The number of benzene rings is 2. The van der Waals surface area contributed by atoms with Gasteiger partial charge in [-0.25, -0.2) is 9.97 Å². The summed E-state index contributed by atoms with van der Waals surface area (Å²) in [4.78, 5) is 14.2. The van der Waals surface area contributed by atoms with E-state index in [-0.39, 0.29) is 0 Å². The summed E-state index contributed by atoms with van der Waals surface area (Å²) >= 11 is 1.71. The Morgan fingerprint density at radius 2 is 1.73 bits per heavy atom. The molecule has 2 heterocycles. The molecule has 0 spiro atoms. The van der Waals surface area contributed by atoms with E-state index >= 15 is 0 Å². The van der Waals surface area contributed by atoms with Crippen LogP contribution in [0.4, 0.5) is 17.5 Å². The summed E-state index contributed by atoms with van der Waals surface area (Å²) in [5.41, 5.74) is 3.99. The van der Waals surface area contributed by atoms with Crippen LogP contribution in [0, 0.1) is 6.92 Å². The molecule has 0 aliphatic heterocycles. The van der Waals surface area contributed by atoms with E-state index in [2.05, 4.69) is 45.9 Å². The fraction of sp³-hybridized carbons (Fsp3) is 0.292. The number of fused-ring (bicyclic) bond motifs is 1. The van der Waals surface area contributed by atoms with Crippen molar-refractivity contribution in [3.8, 4) is 11.3 Å². The molecule has 5 rings (SSSR count). The summed E-state index contributed by atoms with van der Waals surface area (Å²) in [5.74, 6) is 1.48. The normalized spacial score (nSPS) is 14.7. The molecule has 5 nitrogen and oxygen atoms in total. The molecule has 0 bridgehead atoms. The molecule has 6 heteroatoms. The molecular weight excluding hydrogens is 390 g/mol. The van der Waals surface area contributed by atoms with Gasteiger partial charge in [-0.1, -0.05) is 49.6 Å². The summed E-state index contributed by atoms with van der Waals surface area (Å²) < 4.78 is 1.20. The number of hydrogen-bond donors (Lipinski definition) is 2. The Labute approximate surface area is 180 Å². The van der Waals surface area contributed by atoms with Crippen LogP contribution in [-0.2, 0) is 0 Å². The van der Waals surface area contributed by atoms with Gasteiger partial charge >= 0.3 is 0 Å². The number of nitrogens with one attached hydrogen (secondary N) is 2. The lowest BCUT2D eigenvalue weighted by Gasteiger charge is -2.23. The van der Waals surface area contributed by atoms with E-state index in [0.717, 1.165) is 33.3 Å². The Hall–Kier alpha value is -2.99. The summed E-state index contributed by atoms with van der Waals surface area (Å²) in [7, 11) is 0. The van der Waals surface area contributed by atoms with Crippen LogP contribution in [0.5, 0.6) is 0 Å². The van der Waals surface area contributed by atoms with Crippen molar-refractivity contribution in [1.82, 2.24) is 15.0 Å². The lowest BCUT2D eigenvalue weighted by atomic mass is 9.96. The first kappa shape index (κ1) is 19.0. The number of aryl methyl sites for hydroxylation is 1.